The fourth-order valence-electron chi connectivity index (χ4n) is 1.65. The third-order valence-electron chi connectivity index (χ3n) is 2.84. The highest BCUT2D eigenvalue weighted by Crippen LogP contribution is 2.08. The standard InChI is InChI=1S/C9H21N2O/c1-5-11(6-2,7-3)8-9(4)10-12/h9H,5-8H2,1-4H3/q+1. The lowest BCUT2D eigenvalue weighted by molar-refractivity contribution is -0.923. The second-order valence-electron chi connectivity index (χ2n) is 3.43. The zero-order chi connectivity index (χ0) is 9.61. The second kappa shape index (κ2) is 5.25. The maximum Gasteiger partial charge on any atom is 0.138 e. The van der Waals surface area contributed by atoms with Crippen LogP contribution in [-0.4, -0.2) is 36.7 Å². The van der Waals surface area contributed by atoms with Crippen molar-refractivity contribution in [1.82, 2.24) is 0 Å². The molecule has 0 saturated heterocycles. The lowest BCUT2D eigenvalue weighted by atomic mass is 10.2. The van der Waals surface area contributed by atoms with Gasteiger partial charge in [0.25, 0.3) is 0 Å². The molecule has 0 fully saturated rings. The number of nitroso groups, excluding NO2 is 1. The number of likely N-dealkylation sites (N-methyl/N-ethyl adjacent to an activating group) is 1. The third-order valence-corrected chi connectivity index (χ3v) is 2.84. The molecule has 72 valence electrons. The summed E-state index contributed by atoms with van der Waals surface area (Å²) in [4.78, 5) is 10.3. The molecule has 0 aromatic heterocycles. The van der Waals surface area contributed by atoms with E-state index in [0.29, 0.717) is 0 Å². The normalized spacial score (nSPS) is 14.3. The first-order chi connectivity index (χ1) is 5.64. The van der Waals surface area contributed by atoms with Gasteiger partial charge >= 0.3 is 0 Å². The largest absolute Gasteiger partial charge is 0.322 e. The van der Waals surface area contributed by atoms with E-state index in [9.17, 15) is 4.91 Å². The first-order valence-corrected chi connectivity index (χ1v) is 4.81. The second-order valence-corrected chi connectivity index (χ2v) is 3.43. The minimum atomic E-state index is -0.0511. The Morgan fingerprint density at radius 1 is 1.17 bits per heavy atom. The molecule has 0 aliphatic heterocycles. The van der Waals surface area contributed by atoms with Crippen molar-refractivity contribution in [2.75, 3.05) is 26.2 Å². The predicted molar refractivity (Wildman–Crippen MR) is 52.0 cm³/mol. The summed E-state index contributed by atoms with van der Waals surface area (Å²) in [5, 5.41) is 3.05. The topological polar surface area (TPSA) is 29.4 Å². The van der Waals surface area contributed by atoms with Crippen molar-refractivity contribution in [3.8, 4) is 0 Å². The first kappa shape index (κ1) is 11.6. The minimum absolute atomic E-state index is 0.0511. The van der Waals surface area contributed by atoms with E-state index in [1.54, 1.807) is 0 Å². The monoisotopic (exact) mass is 173 g/mol. The predicted octanol–water partition coefficient (Wildman–Crippen LogP) is 2.02. The van der Waals surface area contributed by atoms with E-state index in [1.807, 2.05) is 6.92 Å². The van der Waals surface area contributed by atoms with Crippen molar-refractivity contribution in [2.45, 2.75) is 33.7 Å². The SMILES string of the molecule is CC[N+](CC)(CC)CC(C)N=O. The Morgan fingerprint density at radius 3 is 1.83 bits per heavy atom. The minimum Gasteiger partial charge on any atom is -0.322 e. The van der Waals surface area contributed by atoms with Gasteiger partial charge in [-0.05, 0) is 27.7 Å². The van der Waals surface area contributed by atoms with Crippen molar-refractivity contribution >= 4 is 0 Å². The lowest BCUT2D eigenvalue weighted by Crippen LogP contribution is -2.50. The molecule has 0 heterocycles. The molecular weight excluding hydrogens is 152 g/mol. The zero-order valence-electron chi connectivity index (χ0n) is 8.71. The molecule has 3 heteroatoms. The molecule has 0 aromatic rings. The van der Waals surface area contributed by atoms with E-state index in [4.69, 9.17) is 0 Å². The van der Waals surface area contributed by atoms with Gasteiger partial charge in [-0.1, -0.05) is 5.18 Å². The van der Waals surface area contributed by atoms with Crippen molar-refractivity contribution in [3.63, 3.8) is 0 Å². The number of rotatable bonds is 6. The summed E-state index contributed by atoms with van der Waals surface area (Å²) in [7, 11) is 0. The molecule has 3 nitrogen and oxygen atoms in total. The Balaban J connectivity index is 4.18. The molecule has 1 unspecified atom stereocenters. The summed E-state index contributed by atoms with van der Waals surface area (Å²) in [5.41, 5.74) is 0. The van der Waals surface area contributed by atoms with Crippen LogP contribution in [0.5, 0.6) is 0 Å². The van der Waals surface area contributed by atoms with Gasteiger partial charge in [0.2, 0.25) is 0 Å². The summed E-state index contributed by atoms with van der Waals surface area (Å²) in [6, 6.07) is -0.0511. The Kier molecular flexibility index (Phi) is 5.06. The van der Waals surface area contributed by atoms with Crippen LogP contribution in [0.4, 0.5) is 0 Å². The molecule has 0 aromatic carbocycles. The molecule has 1 atom stereocenters. The highest BCUT2D eigenvalue weighted by atomic mass is 16.3. The Labute approximate surface area is 75.3 Å². The molecule has 0 rings (SSSR count). The number of hydrogen-bond acceptors (Lipinski definition) is 2. The molecule has 0 aliphatic rings. The van der Waals surface area contributed by atoms with E-state index < -0.39 is 0 Å². The van der Waals surface area contributed by atoms with E-state index in [2.05, 4.69) is 25.9 Å². The Hall–Kier alpha value is -0.440. The van der Waals surface area contributed by atoms with Gasteiger partial charge in [-0.25, -0.2) is 0 Å². The quantitative estimate of drug-likeness (QED) is 0.446. The molecule has 0 saturated carbocycles. The fourth-order valence-corrected chi connectivity index (χ4v) is 1.65. The molecule has 0 N–H and O–H groups in total. The average molecular weight is 173 g/mol. The smallest absolute Gasteiger partial charge is 0.138 e. The van der Waals surface area contributed by atoms with Gasteiger partial charge in [-0.15, -0.1) is 0 Å². The van der Waals surface area contributed by atoms with Gasteiger partial charge in [0.1, 0.15) is 12.6 Å². The molecule has 12 heavy (non-hydrogen) atoms. The van der Waals surface area contributed by atoms with Crippen LogP contribution in [0.15, 0.2) is 5.18 Å². The molecule has 0 amide bonds. The Morgan fingerprint density at radius 2 is 1.58 bits per heavy atom. The summed E-state index contributed by atoms with van der Waals surface area (Å²) < 4.78 is 1.01. The van der Waals surface area contributed by atoms with Crippen LogP contribution in [0.2, 0.25) is 0 Å². The Bertz CT molecular complexity index is 124. The zero-order valence-corrected chi connectivity index (χ0v) is 8.71. The van der Waals surface area contributed by atoms with Crippen molar-refractivity contribution in [1.29, 1.82) is 0 Å². The third kappa shape index (κ3) is 2.89. The van der Waals surface area contributed by atoms with Crippen LogP contribution in [0.3, 0.4) is 0 Å². The molecule has 0 bridgehead atoms. The van der Waals surface area contributed by atoms with Crippen LogP contribution in [0.1, 0.15) is 27.7 Å². The van der Waals surface area contributed by atoms with Crippen LogP contribution in [0, 0.1) is 4.91 Å². The van der Waals surface area contributed by atoms with Gasteiger partial charge < -0.3 is 4.48 Å². The van der Waals surface area contributed by atoms with E-state index in [0.717, 1.165) is 30.7 Å². The average Bonchev–Trinajstić information content (AvgIpc) is 2.14. The van der Waals surface area contributed by atoms with Gasteiger partial charge in [0.05, 0.1) is 19.6 Å². The molecule has 0 spiro atoms. The highest BCUT2D eigenvalue weighted by Gasteiger charge is 2.23. The molecule has 0 aliphatic carbocycles. The molecular formula is C9H21N2O+. The van der Waals surface area contributed by atoms with Crippen molar-refractivity contribution in [2.24, 2.45) is 5.18 Å². The van der Waals surface area contributed by atoms with Gasteiger partial charge in [0, 0.05) is 0 Å². The maximum atomic E-state index is 10.3. The summed E-state index contributed by atoms with van der Waals surface area (Å²) in [6.45, 7) is 12.6. The van der Waals surface area contributed by atoms with E-state index in [1.165, 1.54) is 0 Å². The fraction of sp³-hybridized carbons (Fsp3) is 1.00. The van der Waals surface area contributed by atoms with Crippen molar-refractivity contribution in [3.05, 3.63) is 4.91 Å². The number of nitrogens with zero attached hydrogens (tertiary/aromatic N) is 2. The summed E-state index contributed by atoms with van der Waals surface area (Å²) >= 11 is 0. The van der Waals surface area contributed by atoms with Crippen molar-refractivity contribution < 1.29 is 4.48 Å². The summed E-state index contributed by atoms with van der Waals surface area (Å²) in [5.74, 6) is 0. The van der Waals surface area contributed by atoms with E-state index in [-0.39, 0.29) is 6.04 Å². The number of quaternary nitrogens is 1. The maximum absolute atomic E-state index is 10.3. The first-order valence-electron chi connectivity index (χ1n) is 4.81. The summed E-state index contributed by atoms with van der Waals surface area (Å²) in [6.07, 6.45) is 0. The van der Waals surface area contributed by atoms with E-state index >= 15 is 0 Å². The number of hydrogen-bond donors (Lipinski definition) is 0. The van der Waals surface area contributed by atoms with Crippen LogP contribution < -0.4 is 0 Å². The van der Waals surface area contributed by atoms with Gasteiger partial charge in [0.15, 0.2) is 0 Å². The van der Waals surface area contributed by atoms with Crippen LogP contribution in [0.25, 0.3) is 0 Å². The van der Waals surface area contributed by atoms with Gasteiger partial charge in [-0.3, -0.25) is 0 Å². The van der Waals surface area contributed by atoms with Crippen LogP contribution >= 0.6 is 0 Å². The highest BCUT2D eigenvalue weighted by molar-refractivity contribution is 4.57. The van der Waals surface area contributed by atoms with Crippen LogP contribution in [-0.2, 0) is 0 Å². The van der Waals surface area contributed by atoms with Gasteiger partial charge in [-0.2, -0.15) is 4.91 Å². The lowest BCUT2D eigenvalue weighted by Gasteiger charge is -2.36. The molecule has 0 radical (unpaired) electrons.